The quantitative estimate of drug-likeness (QED) is 0.729. The van der Waals surface area contributed by atoms with E-state index in [1.165, 1.54) is 13.8 Å². The van der Waals surface area contributed by atoms with Gasteiger partial charge in [-0.2, -0.15) is 0 Å². The summed E-state index contributed by atoms with van der Waals surface area (Å²) in [6, 6.07) is 0. The van der Waals surface area contributed by atoms with Crippen LogP contribution in [-0.2, 0) is 19.2 Å². The van der Waals surface area contributed by atoms with Gasteiger partial charge in [-0.1, -0.05) is 0 Å². The molecule has 0 aromatic carbocycles. The van der Waals surface area contributed by atoms with Gasteiger partial charge in [0, 0.05) is 11.8 Å². The number of carboxylic acids is 2. The van der Waals surface area contributed by atoms with Crippen LogP contribution in [0.15, 0.2) is 0 Å². The second-order valence-electron chi connectivity index (χ2n) is 4.40. The molecule has 1 fully saturated rings. The number of ketones is 2. The van der Waals surface area contributed by atoms with Crippen molar-refractivity contribution in [3.8, 4) is 0 Å². The van der Waals surface area contributed by atoms with E-state index in [0.29, 0.717) is 0 Å². The van der Waals surface area contributed by atoms with Gasteiger partial charge >= 0.3 is 11.9 Å². The second-order valence-corrected chi connectivity index (χ2v) is 4.40. The Kier molecular flexibility index (Phi) is 3.65. The minimum Gasteiger partial charge on any atom is -0.481 e. The van der Waals surface area contributed by atoms with Gasteiger partial charge in [0.05, 0.1) is 11.8 Å². The van der Waals surface area contributed by atoms with E-state index in [0.717, 1.165) is 0 Å². The zero-order chi connectivity index (χ0) is 13.3. The van der Waals surface area contributed by atoms with Crippen molar-refractivity contribution >= 4 is 23.5 Å². The van der Waals surface area contributed by atoms with E-state index in [4.69, 9.17) is 10.2 Å². The first-order chi connectivity index (χ1) is 7.77. The van der Waals surface area contributed by atoms with Crippen LogP contribution in [0.2, 0.25) is 0 Å². The maximum atomic E-state index is 11.4. The Morgan fingerprint density at radius 3 is 1.65 bits per heavy atom. The summed E-state index contributed by atoms with van der Waals surface area (Å²) in [5.74, 6) is -7.68. The Balaban J connectivity index is 3.17. The van der Waals surface area contributed by atoms with Crippen molar-refractivity contribution in [3.05, 3.63) is 0 Å². The highest BCUT2D eigenvalue weighted by Crippen LogP contribution is 2.43. The van der Waals surface area contributed by atoms with Gasteiger partial charge in [0.25, 0.3) is 0 Å². The number of carbonyl (C=O) groups is 4. The summed E-state index contributed by atoms with van der Waals surface area (Å²) in [6.45, 7) is 2.39. The van der Waals surface area contributed by atoms with Crippen molar-refractivity contribution in [2.24, 2.45) is 23.7 Å². The summed E-state index contributed by atoms with van der Waals surface area (Å²) in [4.78, 5) is 44.8. The minimum absolute atomic E-state index is 0.0775. The SMILES string of the molecule is CC(=O)C1CC(C(=O)O)C(C(C)=O)C1C(=O)O. The molecule has 1 aliphatic carbocycles. The Labute approximate surface area is 97.6 Å². The highest BCUT2D eigenvalue weighted by Gasteiger charge is 2.53. The predicted octanol–water partition coefficient (Wildman–Crippen LogP) is 0.202. The molecule has 0 saturated heterocycles. The van der Waals surface area contributed by atoms with Crippen LogP contribution >= 0.6 is 0 Å². The summed E-state index contributed by atoms with van der Waals surface area (Å²) in [5, 5.41) is 18.0. The molecular weight excluding hydrogens is 228 g/mol. The van der Waals surface area contributed by atoms with E-state index in [2.05, 4.69) is 0 Å². The van der Waals surface area contributed by atoms with Crippen molar-refractivity contribution in [2.75, 3.05) is 0 Å². The molecule has 0 heterocycles. The smallest absolute Gasteiger partial charge is 0.307 e. The van der Waals surface area contributed by atoms with Crippen molar-refractivity contribution in [2.45, 2.75) is 20.3 Å². The summed E-state index contributed by atoms with van der Waals surface area (Å²) in [5.41, 5.74) is 0. The molecule has 0 aliphatic heterocycles. The number of hydrogen-bond acceptors (Lipinski definition) is 4. The number of carboxylic acid groups (broad SMARTS) is 2. The van der Waals surface area contributed by atoms with Crippen molar-refractivity contribution in [1.29, 1.82) is 0 Å². The molecule has 0 aromatic rings. The normalized spacial score (nSPS) is 32.1. The van der Waals surface area contributed by atoms with Gasteiger partial charge in [0.15, 0.2) is 0 Å². The molecule has 6 nitrogen and oxygen atoms in total. The van der Waals surface area contributed by atoms with Crippen molar-refractivity contribution in [3.63, 3.8) is 0 Å². The van der Waals surface area contributed by atoms with Crippen LogP contribution in [0.1, 0.15) is 20.3 Å². The van der Waals surface area contributed by atoms with Crippen LogP contribution < -0.4 is 0 Å². The Bertz CT molecular complexity index is 349. The zero-order valence-corrected chi connectivity index (χ0v) is 9.54. The molecule has 6 heteroatoms. The van der Waals surface area contributed by atoms with Crippen LogP contribution in [0, 0.1) is 23.7 Å². The lowest BCUT2D eigenvalue weighted by atomic mass is 9.83. The Morgan fingerprint density at radius 1 is 0.824 bits per heavy atom. The molecule has 0 spiro atoms. The highest BCUT2D eigenvalue weighted by molar-refractivity contribution is 5.94. The molecule has 1 rings (SSSR count). The van der Waals surface area contributed by atoms with E-state index < -0.39 is 41.4 Å². The molecule has 94 valence electrons. The minimum atomic E-state index is -1.28. The van der Waals surface area contributed by atoms with Crippen LogP contribution in [-0.4, -0.2) is 33.7 Å². The largest absolute Gasteiger partial charge is 0.481 e. The van der Waals surface area contributed by atoms with Gasteiger partial charge in [-0.3, -0.25) is 19.2 Å². The first-order valence-electron chi connectivity index (χ1n) is 5.23. The molecule has 0 amide bonds. The van der Waals surface area contributed by atoms with E-state index in [-0.39, 0.29) is 12.2 Å². The monoisotopic (exact) mass is 242 g/mol. The Hall–Kier alpha value is -1.72. The maximum Gasteiger partial charge on any atom is 0.307 e. The first-order valence-corrected chi connectivity index (χ1v) is 5.23. The van der Waals surface area contributed by atoms with Crippen LogP contribution in [0.4, 0.5) is 0 Å². The summed E-state index contributed by atoms with van der Waals surface area (Å²) < 4.78 is 0. The molecule has 0 radical (unpaired) electrons. The zero-order valence-electron chi connectivity index (χ0n) is 9.54. The molecule has 1 aliphatic rings. The standard InChI is InChI=1S/C11H14O6/c1-4(12)6-3-7(10(14)15)8(5(2)13)9(6)11(16)17/h6-9H,3H2,1-2H3,(H,14,15)(H,16,17). The van der Waals surface area contributed by atoms with Crippen LogP contribution in [0.25, 0.3) is 0 Å². The molecule has 4 unspecified atom stereocenters. The van der Waals surface area contributed by atoms with E-state index >= 15 is 0 Å². The Morgan fingerprint density at radius 2 is 1.35 bits per heavy atom. The average molecular weight is 242 g/mol. The van der Waals surface area contributed by atoms with Gasteiger partial charge in [0.1, 0.15) is 11.6 Å². The highest BCUT2D eigenvalue weighted by atomic mass is 16.4. The van der Waals surface area contributed by atoms with E-state index in [1.807, 2.05) is 0 Å². The maximum absolute atomic E-state index is 11.4. The van der Waals surface area contributed by atoms with Gasteiger partial charge in [-0.05, 0) is 20.3 Å². The van der Waals surface area contributed by atoms with E-state index in [1.54, 1.807) is 0 Å². The van der Waals surface area contributed by atoms with Gasteiger partial charge in [-0.15, -0.1) is 0 Å². The lowest BCUT2D eigenvalue weighted by Gasteiger charge is -2.18. The fourth-order valence-corrected chi connectivity index (χ4v) is 2.60. The number of rotatable bonds is 4. The van der Waals surface area contributed by atoms with Gasteiger partial charge in [0.2, 0.25) is 0 Å². The molecule has 17 heavy (non-hydrogen) atoms. The second kappa shape index (κ2) is 4.65. The molecule has 4 atom stereocenters. The van der Waals surface area contributed by atoms with Gasteiger partial charge < -0.3 is 10.2 Å². The fraction of sp³-hybridized carbons (Fsp3) is 0.636. The predicted molar refractivity (Wildman–Crippen MR) is 55.2 cm³/mol. The van der Waals surface area contributed by atoms with Crippen LogP contribution in [0.5, 0.6) is 0 Å². The molecule has 0 aromatic heterocycles. The molecule has 0 bridgehead atoms. The van der Waals surface area contributed by atoms with Crippen molar-refractivity contribution < 1.29 is 29.4 Å². The number of hydrogen-bond donors (Lipinski definition) is 2. The average Bonchev–Trinajstić information content (AvgIpc) is 2.56. The lowest BCUT2D eigenvalue weighted by molar-refractivity contribution is -0.151. The first kappa shape index (κ1) is 13.3. The fourth-order valence-electron chi connectivity index (χ4n) is 2.60. The third-order valence-corrected chi connectivity index (χ3v) is 3.36. The van der Waals surface area contributed by atoms with Gasteiger partial charge in [-0.25, -0.2) is 0 Å². The van der Waals surface area contributed by atoms with E-state index in [9.17, 15) is 19.2 Å². The molecular formula is C11H14O6. The topological polar surface area (TPSA) is 109 Å². The third kappa shape index (κ3) is 2.35. The van der Waals surface area contributed by atoms with Crippen molar-refractivity contribution in [1.82, 2.24) is 0 Å². The third-order valence-electron chi connectivity index (χ3n) is 3.36. The molecule has 2 N–H and O–H groups in total. The summed E-state index contributed by atoms with van der Waals surface area (Å²) >= 11 is 0. The summed E-state index contributed by atoms with van der Waals surface area (Å²) in [6.07, 6.45) is -0.0775. The number of carbonyl (C=O) groups excluding carboxylic acids is 2. The number of aliphatic carboxylic acids is 2. The molecule has 1 saturated carbocycles. The number of Topliss-reactive ketones (excluding diaryl/α,β-unsaturated/α-hetero) is 2. The lowest BCUT2D eigenvalue weighted by Crippen LogP contribution is -2.34. The van der Waals surface area contributed by atoms with Crippen LogP contribution in [0.3, 0.4) is 0 Å². The summed E-state index contributed by atoms with van der Waals surface area (Å²) in [7, 11) is 0.